The van der Waals surface area contributed by atoms with Crippen molar-refractivity contribution in [3.63, 3.8) is 0 Å². The largest absolute Gasteiger partial charge is 0.378 e. The van der Waals surface area contributed by atoms with Gasteiger partial charge in [-0.25, -0.2) is 0 Å². The highest BCUT2D eigenvalue weighted by Crippen LogP contribution is 2.34. The quantitative estimate of drug-likeness (QED) is 0.854. The number of hydrogen-bond donors (Lipinski definition) is 1. The van der Waals surface area contributed by atoms with E-state index in [4.69, 9.17) is 4.74 Å². The van der Waals surface area contributed by atoms with Crippen LogP contribution in [0.4, 0.5) is 0 Å². The summed E-state index contributed by atoms with van der Waals surface area (Å²) in [6.07, 6.45) is 5.80. The Morgan fingerprint density at radius 2 is 2.26 bits per heavy atom. The summed E-state index contributed by atoms with van der Waals surface area (Å²) in [5.74, 6) is 0.570. The Hall–Kier alpha value is -0.930. The Bertz CT molecular complexity index is 377. The number of aromatic nitrogens is 1. The van der Waals surface area contributed by atoms with Crippen LogP contribution >= 0.6 is 0 Å². The normalized spacial score (nSPS) is 24.6. The molecule has 106 valence electrons. The smallest absolute Gasteiger partial charge is 0.0619 e. The summed E-state index contributed by atoms with van der Waals surface area (Å²) in [5.41, 5.74) is 2.38. The third-order valence-corrected chi connectivity index (χ3v) is 4.00. The lowest BCUT2D eigenvalue weighted by Gasteiger charge is -2.28. The molecule has 2 heterocycles. The Kier molecular flexibility index (Phi) is 5.34. The fourth-order valence-corrected chi connectivity index (χ4v) is 2.95. The van der Waals surface area contributed by atoms with Gasteiger partial charge in [0.15, 0.2) is 0 Å². The molecule has 3 unspecified atom stereocenters. The molecule has 0 amide bonds. The maximum atomic E-state index is 5.86. The van der Waals surface area contributed by atoms with Gasteiger partial charge in [-0.05, 0) is 44.4 Å². The molecule has 0 saturated carbocycles. The second kappa shape index (κ2) is 7.01. The summed E-state index contributed by atoms with van der Waals surface area (Å²) in [7, 11) is 0. The Balaban J connectivity index is 2.17. The van der Waals surface area contributed by atoms with Crippen molar-refractivity contribution in [2.45, 2.75) is 52.2 Å². The van der Waals surface area contributed by atoms with Gasteiger partial charge in [-0.15, -0.1) is 0 Å². The van der Waals surface area contributed by atoms with E-state index >= 15 is 0 Å². The van der Waals surface area contributed by atoms with Crippen LogP contribution in [-0.2, 0) is 4.74 Å². The summed E-state index contributed by atoms with van der Waals surface area (Å²) in [5, 5.41) is 3.69. The van der Waals surface area contributed by atoms with Crippen LogP contribution in [0.15, 0.2) is 18.3 Å². The zero-order chi connectivity index (χ0) is 13.7. The van der Waals surface area contributed by atoms with Crippen LogP contribution in [0, 0.1) is 12.8 Å². The van der Waals surface area contributed by atoms with Crippen molar-refractivity contribution in [1.29, 1.82) is 0 Å². The van der Waals surface area contributed by atoms with Crippen LogP contribution in [0.2, 0.25) is 0 Å². The number of hydrogen-bond acceptors (Lipinski definition) is 3. The first kappa shape index (κ1) is 14.5. The molecular formula is C16H26N2O. The van der Waals surface area contributed by atoms with Crippen LogP contribution in [0.1, 0.15) is 50.4 Å². The number of nitrogens with zero attached hydrogens (tertiary/aromatic N) is 1. The molecular weight excluding hydrogens is 236 g/mol. The third-order valence-electron chi connectivity index (χ3n) is 4.00. The molecule has 1 N–H and O–H groups in total. The molecule has 1 aliphatic heterocycles. The van der Waals surface area contributed by atoms with Crippen molar-refractivity contribution in [2.75, 3.05) is 13.2 Å². The molecule has 2 rings (SSSR count). The minimum atomic E-state index is 0.375. The third kappa shape index (κ3) is 3.54. The van der Waals surface area contributed by atoms with Crippen LogP contribution in [0.25, 0.3) is 0 Å². The minimum absolute atomic E-state index is 0.375. The fourth-order valence-electron chi connectivity index (χ4n) is 2.95. The lowest BCUT2D eigenvalue weighted by Crippen LogP contribution is -2.33. The van der Waals surface area contributed by atoms with Crippen molar-refractivity contribution in [1.82, 2.24) is 10.3 Å². The van der Waals surface area contributed by atoms with E-state index in [0.29, 0.717) is 18.1 Å². The number of rotatable bonds is 6. The van der Waals surface area contributed by atoms with Crippen molar-refractivity contribution < 1.29 is 4.74 Å². The van der Waals surface area contributed by atoms with Gasteiger partial charge in [-0.1, -0.05) is 19.9 Å². The van der Waals surface area contributed by atoms with Gasteiger partial charge >= 0.3 is 0 Å². The molecule has 1 saturated heterocycles. The molecule has 3 nitrogen and oxygen atoms in total. The SMILES string of the molecule is CCCNC(c1ccc(C)nc1)C1CCOC1CC. The Labute approximate surface area is 116 Å². The van der Waals surface area contributed by atoms with Gasteiger partial charge in [-0.3, -0.25) is 4.98 Å². The molecule has 3 heteroatoms. The van der Waals surface area contributed by atoms with E-state index in [-0.39, 0.29) is 0 Å². The average Bonchev–Trinajstić information content (AvgIpc) is 2.89. The summed E-state index contributed by atoms with van der Waals surface area (Å²) in [4.78, 5) is 4.45. The number of nitrogens with one attached hydrogen (secondary N) is 1. The van der Waals surface area contributed by atoms with Gasteiger partial charge < -0.3 is 10.1 Å². The van der Waals surface area contributed by atoms with Gasteiger partial charge in [0.1, 0.15) is 0 Å². The number of aryl methyl sites for hydroxylation is 1. The standard InChI is InChI=1S/C16H26N2O/c1-4-9-17-16(13-7-6-12(3)18-11-13)14-8-10-19-15(14)5-2/h6-7,11,14-17H,4-5,8-10H2,1-3H3. The first-order valence-corrected chi connectivity index (χ1v) is 7.53. The highest BCUT2D eigenvalue weighted by atomic mass is 16.5. The second-order valence-corrected chi connectivity index (χ2v) is 5.43. The predicted molar refractivity (Wildman–Crippen MR) is 78.1 cm³/mol. The molecule has 3 atom stereocenters. The van der Waals surface area contributed by atoms with E-state index in [9.17, 15) is 0 Å². The highest BCUT2D eigenvalue weighted by molar-refractivity contribution is 5.19. The van der Waals surface area contributed by atoms with Crippen LogP contribution < -0.4 is 5.32 Å². The monoisotopic (exact) mass is 262 g/mol. The van der Waals surface area contributed by atoms with E-state index < -0.39 is 0 Å². The maximum Gasteiger partial charge on any atom is 0.0619 e. The van der Waals surface area contributed by atoms with Crippen molar-refractivity contribution in [3.05, 3.63) is 29.6 Å². The van der Waals surface area contributed by atoms with Gasteiger partial charge in [0, 0.05) is 30.5 Å². The van der Waals surface area contributed by atoms with E-state index in [1.54, 1.807) is 0 Å². The topological polar surface area (TPSA) is 34.2 Å². The fraction of sp³-hybridized carbons (Fsp3) is 0.688. The molecule has 0 radical (unpaired) electrons. The summed E-state index contributed by atoms with van der Waals surface area (Å²) in [6, 6.07) is 4.69. The second-order valence-electron chi connectivity index (χ2n) is 5.43. The van der Waals surface area contributed by atoms with Crippen molar-refractivity contribution in [2.24, 2.45) is 5.92 Å². The average molecular weight is 262 g/mol. The van der Waals surface area contributed by atoms with Crippen LogP contribution in [0.3, 0.4) is 0 Å². The van der Waals surface area contributed by atoms with Gasteiger partial charge in [0.05, 0.1) is 6.10 Å². The molecule has 0 bridgehead atoms. The molecule has 1 aliphatic rings. The summed E-state index contributed by atoms with van der Waals surface area (Å²) in [6.45, 7) is 8.40. The van der Waals surface area contributed by atoms with E-state index in [1.807, 2.05) is 13.1 Å². The number of ether oxygens (including phenoxy) is 1. The van der Waals surface area contributed by atoms with Gasteiger partial charge in [-0.2, -0.15) is 0 Å². The van der Waals surface area contributed by atoms with Crippen molar-refractivity contribution in [3.8, 4) is 0 Å². The predicted octanol–water partition coefficient (Wildman–Crippen LogP) is 3.25. The van der Waals surface area contributed by atoms with Crippen molar-refractivity contribution >= 4 is 0 Å². The van der Waals surface area contributed by atoms with Crippen LogP contribution in [-0.4, -0.2) is 24.2 Å². The van der Waals surface area contributed by atoms with Gasteiger partial charge in [0.25, 0.3) is 0 Å². The molecule has 0 aromatic carbocycles. The molecule has 1 fully saturated rings. The molecule has 1 aromatic rings. The zero-order valence-electron chi connectivity index (χ0n) is 12.4. The van der Waals surface area contributed by atoms with Crippen LogP contribution in [0.5, 0.6) is 0 Å². The van der Waals surface area contributed by atoms with E-state index in [2.05, 4.69) is 36.3 Å². The molecule has 0 aliphatic carbocycles. The van der Waals surface area contributed by atoms with Gasteiger partial charge in [0.2, 0.25) is 0 Å². The lowest BCUT2D eigenvalue weighted by molar-refractivity contribution is 0.0773. The summed E-state index contributed by atoms with van der Waals surface area (Å²) >= 11 is 0. The first-order chi connectivity index (χ1) is 9.26. The Morgan fingerprint density at radius 1 is 1.42 bits per heavy atom. The maximum absolute atomic E-state index is 5.86. The zero-order valence-corrected chi connectivity index (χ0v) is 12.4. The molecule has 0 spiro atoms. The number of pyridine rings is 1. The first-order valence-electron chi connectivity index (χ1n) is 7.53. The van der Waals surface area contributed by atoms with E-state index in [1.165, 1.54) is 5.56 Å². The molecule has 19 heavy (non-hydrogen) atoms. The minimum Gasteiger partial charge on any atom is -0.378 e. The van der Waals surface area contributed by atoms with E-state index in [0.717, 1.165) is 38.1 Å². The summed E-state index contributed by atoms with van der Waals surface area (Å²) < 4.78 is 5.86. The highest BCUT2D eigenvalue weighted by Gasteiger charge is 2.34. The molecule has 1 aromatic heterocycles. The Morgan fingerprint density at radius 3 is 2.89 bits per heavy atom. The lowest BCUT2D eigenvalue weighted by atomic mass is 9.87.